The van der Waals surface area contributed by atoms with Gasteiger partial charge in [0.05, 0.1) is 12.2 Å². The van der Waals surface area contributed by atoms with Gasteiger partial charge in [-0.15, -0.1) is 0 Å². The molecular weight excluding hydrogens is 356 g/mol. The number of aliphatic hydroxyl groups is 2. The van der Waals surface area contributed by atoms with Crippen molar-refractivity contribution in [3.8, 4) is 0 Å². The Morgan fingerprint density at radius 3 is 2.45 bits per heavy atom. The number of allylic oxidation sites excluding steroid dienone is 3. The molecule has 0 amide bonds. The van der Waals surface area contributed by atoms with Crippen molar-refractivity contribution in [1.82, 2.24) is 0 Å². The minimum Gasteiger partial charge on any atom is -0.388 e. The van der Waals surface area contributed by atoms with Crippen molar-refractivity contribution in [2.24, 2.45) is 29.1 Å². The molecule has 164 valence electrons. The predicted molar refractivity (Wildman–Crippen MR) is 123 cm³/mol. The SMILES string of the molecule is C=C1[C@H](O)CC(=C/C=C2\CCC[C@]3(C)[C@@H](C(CCC)CC(C)C)CC[C@@H]23)C[C@H]1O. The van der Waals surface area contributed by atoms with Crippen LogP contribution in [0.2, 0.25) is 0 Å². The summed E-state index contributed by atoms with van der Waals surface area (Å²) in [4.78, 5) is 0. The largest absolute Gasteiger partial charge is 0.388 e. The summed E-state index contributed by atoms with van der Waals surface area (Å²) in [5.41, 5.74) is 3.82. The van der Waals surface area contributed by atoms with E-state index in [1.807, 2.05) is 0 Å². The van der Waals surface area contributed by atoms with Crippen LogP contribution >= 0.6 is 0 Å². The Balaban J connectivity index is 1.78. The lowest BCUT2D eigenvalue weighted by Gasteiger charge is -2.45. The van der Waals surface area contributed by atoms with E-state index in [1.165, 1.54) is 51.4 Å². The van der Waals surface area contributed by atoms with Gasteiger partial charge in [-0.3, -0.25) is 0 Å². The second-order valence-corrected chi connectivity index (χ2v) is 10.9. The summed E-state index contributed by atoms with van der Waals surface area (Å²) in [5.74, 6) is 3.25. The zero-order chi connectivity index (χ0) is 21.2. The van der Waals surface area contributed by atoms with Crippen molar-refractivity contribution in [3.63, 3.8) is 0 Å². The topological polar surface area (TPSA) is 40.5 Å². The van der Waals surface area contributed by atoms with Crippen molar-refractivity contribution < 1.29 is 10.2 Å². The first kappa shape index (κ1) is 22.8. The van der Waals surface area contributed by atoms with Gasteiger partial charge in [-0.2, -0.15) is 0 Å². The van der Waals surface area contributed by atoms with E-state index in [0.717, 1.165) is 29.2 Å². The van der Waals surface area contributed by atoms with Crippen LogP contribution in [0.1, 0.15) is 91.9 Å². The molecule has 0 aromatic rings. The zero-order valence-electron chi connectivity index (χ0n) is 19.3. The summed E-state index contributed by atoms with van der Waals surface area (Å²) in [6, 6.07) is 0. The molecule has 3 aliphatic carbocycles. The van der Waals surface area contributed by atoms with Gasteiger partial charge in [0.15, 0.2) is 0 Å². The maximum atomic E-state index is 10.1. The van der Waals surface area contributed by atoms with Crippen molar-refractivity contribution in [3.05, 3.63) is 35.5 Å². The number of hydrogen-bond donors (Lipinski definition) is 2. The first-order valence-electron chi connectivity index (χ1n) is 12.2. The maximum Gasteiger partial charge on any atom is 0.0809 e. The van der Waals surface area contributed by atoms with Crippen LogP contribution in [-0.2, 0) is 0 Å². The first-order valence-corrected chi connectivity index (χ1v) is 12.2. The molecule has 6 atom stereocenters. The van der Waals surface area contributed by atoms with Crippen LogP contribution < -0.4 is 0 Å². The molecule has 3 aliphatic rings. The predicted octanol–water partition coefficient (Wildman–Crippen LogP) is 6.59. The Labute approximate surface area is 179 Å². The van der Waals surface area contributed by atoms with E-state index < -0.39 is 12.2 Å². The molecule has 0 spiro atoms. The van der Waals surface area contributed by atoms with Gasteiger partial charge in [0.25, 0.3) is 0 Å². The van der Waals surface area contributed by atoms with Gasteiger partial charge in [0, 0.05) is 0 Å². The summed E-state index contributed by atoms with van der Waals surface area (Å²) in [6.45, 7) is 13.5. The zero-order valence-corrected chi connectivity index (χ0v) is 19.3. The van der Waals surface area contributed by atoms with Crippen molar-refractivity contribution >= 4 is 0 Å². The molecule has 0 radical (unpaired) electrons. The van der Waals surface area contributed by atoms with E-state index >= 15 is 0 Å². The molecule has 2 heteroatoms. The normalized spacial score (nSPS) is 37.8. The average Bonchev–Trinajstić information content (AvgIpc) is 3.01. The molecule has 3 saturated carbocycles. The maximum absolute atomic E-state index is 10.1. The van der Waals surface area contributed by atoms with Gasteiger partial charge in [0.2, 0.25) is 0 Å². The van der Waals surface area contributed by atoms with E-state index in [2.05, 4.69) is 46.4 Å². The molecule has 1 unspecified atom stereocenters. The molecule has 2 N–H and O–H groups in total. The molecular formula is C27H44O2. The molecule has 3 fully saturated rings. The van der Waals surface area contributed by atoms with Crippen LogP contribution in [0, 0.1) is 29.1 Å². The molecule has 0 heterocycles. The third-order valence-electron chi connectivity index (χ3n) is 8.34. The molecule has 29 heavy (non-hydrogen) atoms. The van der Waals surface area contributed by atoms with Crippen LogP contribution in [-0.4, -0.2) is 22.4 Å². The molecule has 0 aromatic heterocycles. The minimum absolute atomic E-state index is 0.456. The first-order chi connectivity index (χ1) is 13.8. The number of fused-ring (bicyclic) bond motifs is 1. The molecule has 2 nitrogen and oxygen atoms in total. The van der Waals surface area contributed by atoms with Crippen LogP contribution in [0.25, 0.3) is 0 Å². The van der Waals surface area contributed by atoms with E-state index in [9.17, 15) is 10.2 Å². The van der Waals surface area contributed by atoms with Gasteiger partial charge in [-0.25, -0.2) is 0 Å². The van der Waals surface area contributed by atoms with Crippen LogP contribution in [0.4, 0.5) is 0 Å². The van der Waals surface area contributed by atoms with Crippen LogP contribution in [0.3, 0.4) is 0 Å². The van der Waals surface area contributed by atoms with E-state index in [-0.39, 0.29) is 0 Å². The van der Waals surface area contributed by atoms with Crippen molar-refractivity contribution in [2.75, 3.05) is 0 Å². The Bertz CT molecular complexity index is 627. The fraction of sp³-hybridized carbons (Fsp3) is 0.778. The van der Waals surface area contributed by atoms with Gasteiger partial charge in [-0.1, -0.05) is 70.4 Å². The van der Waals surface area contributed by atoms with E-state index in [0.29, 0.717) is 23.8 Å². The number of rotatable bonds is 6. The quantitative estimate of drug-likeness (QED) is 0.494. The summed E-state index contributed by atoms with van der Waals surface area (Å²) >= 11 is 0. The summed E-state index contributed by atoms with van der Waals surface area (Å²) in [6.07, 6.45) is 15.3. The highest BCUT2D eigenvalue weighted by atomic mass is 16.3. The van der Waals surface area contributed by atoms with Crippen LogP contribution in [0.5, 0.6) is 0 Å². The standard InChI is InChI=1S/C27H44O2/c1-6-8-22(15-18(2)3)24-13-12-23-21(9-7-14-27(23,24)5)11-10-20-16-25(28)19(4)26(29)17-20/h10-11,18,22-26,28-29H,4,6-9,12-17H2,1-3,5H3/b21-11+/t22?,23-,24+,25+,26+,27-/m0/s1. The second kappa shape index (κ2) is 9.52. The lowest BCUT2D eigenvalue weighted by molar-refractivity contribution is 0.0777. The highest BCUT2D eigenvalue weighted by Crippen LogP contribution is 2.60. The van der Waals surface area contributed by atoms with Gasteiger partial charge < -0.3 is 10.2 Å². The summed E-state index contributed by atoms with van der Waals surface area (Å²) < 4.78 is 0. The molecule has 0 bridgehead atoms. The van der Waals surface area contributed by atoms with E-state index in [4.69, 9.17) is 0 Å². The minimum atomic E-state index is -0.596. The third-order valence-corrected chi connectivity index (χ3v) is 8.34. The Morgan fingerprint density at radius 2 is 1.83 bits per heavy atom. The van der Waals surface area contributed by atoms with Gasteiger partial charge in [-0.05, 0) is 86.0 Å². The smallest absolute Gasteiger partial charge is 0.0809 e. The Hall–Kier alpha value is -0.860. The van der Waals surface area contributed by atoms with Crippen molar-refractivity contribution in [2.45, 2.75) is 104 Å². The lowest BCUT2D eigenvalue weighted by atomic mass is 9.59. The fourth-order valence-electron chi connectivity index (χ4n) is 6.94. The summed E-state index contributed by atoms with van der Waals surface area (Å²) in [7, 11) is 0. The van der Waals surface area contributed by atoms with Crippen LogP contribution in [0.15, 0.2) is 35.5 Å². The average molecular weight is 401 g/mol. The molecule has 0 aliphatic heterocycles. The molecule has 0 aromatic carbocycles. The fourth-order valence-corrected chi connectivity index (χ4v) is 6.94. The number of hydrogen-bond acceptors (Lipinski definition) is 2. The lowest BCUT2D eigenvalue weighted by Crippen LogP contribution is -2.37. The highest BCUT2D eigenvalue weighted by molar-refractivity contribution is 5.29. The van der Waals surface area contributed by atoms with Gasteiger partial charge >= 0.3 is 0 Å². The highest BCUT2D eigenvalue weighted by Gasteiger charge is 2.51. The monoisotopic (exact) mass is 400 g/mol. The van der Waals surface area contributed by atoms with Crippen molar-refractivity contribution in [1.29, 1.82) is 0 Å². The second-order valence-electron chi connectivity index (χ2n) is 10.9. The Morgan fingerprint density at radius 1 is 1.14 bits per heavy atom. The van der Waals surface area contributed by atoms with Gasteiger partial charge in [0.1, 0.15) is 0 Å². The van der Waals surface area contributed by atoms with E-state index in [1.54, 1.807) is 5.57 Å². The third kappa shape index (κ3) is 4.90. The molecule has 0 saturated heterocycles. The number of aliphatic hydroxyl groups excluding tert-OH is 2. The Kier molecular flexibility index (Phi) is 7.49. The summed E-state index contributed by atoms with van der Waals surface area (Å²) in [5, 5.41) is 20.3. The molecule has 3 rings (SSSR count).